The first-order valence-corrected chi connectivity index (χ1v) is 4.70. The van der Waals surface area contributed by atoms with Crippen molar-refractivity contribution in [2.24, 2.45) is 0 Å². The van der Waals surface area contributed by atoms with Crippen molar-refractivity contribution < 1.29 is 4.74 Å². The van der Waals surface area contributed by atoms with E-state index in [9.17, 15) is 0 Å². The molecule has 0 radical (unpaired) electrons. The van der Waals surface area contributed by atoms with Crippen molar-refractivity contribution in [2.45, 2.75) is 31.7 Å². The summed E-state index contributed by atoms with van der Waals surface area (Å²) in [4.78, 5) is 2.62. The summed E-state index contributed by atoms with van der Waals surface area (Å²) in [6.45, 7) is 6.52. The lowest BCUT2D eigenvalue weighted by molar-refractivity contribution is 0.00857. The van der Waals surface area contributed by atoms with Crippen LogP contribution < -0.4 is 0 Å². The Morgan fingerprint density at radius 1 is 1.27 bits per heavy atom. The highest BCUT2D eigenvalue weighted by atomic mass is 16.5. The molecule has 0 aromatic rings. The molecule has 1 saturated carbocycles. The van der Waals surface area contributed by atoms with Crippen LogP contribution in [0.4, 0.5) is 0 Å². The minimum absolute atomic E-state index is 0.615. The van der Waals surface area contributed by atoms with E-state index < -0.39 is 0 Å². The largest absolute Gasteiger partial charge is 0.379 e. The van der Waals surface area contributed by atoms with E-state index in [1.807, 2.05) is 0 Å². The fourth-order valence-corrected chi connectivity index (χ4v) is 2.08. The lowest BCUT2D eigenvalue weighted by Crippen LogP contribution is -2.44. The Kier molecular flexibility index (Phi) is 1.90. The molecule has 0 aromatic heterocycles. The molecule has 2 nitrogen and oxygen atoms in total. The van der Waals surface area contributed by atoms with Crippen molar-refractivity contribution in [3.05, 3.63) is 0 Å². The molecule has 0 unspecified atom stereocenters. The zero-order chi connectivity index (χ0) is 7.73. The van der Waals surface area contributed by atoms with Crippen LogP contribution in [0, 0.1) is 0 Å². The second kappa shape index (κ2) is 2.76. The minimum Gasteiger partial charge on any atom is -0.379 e. The highest BCUT2D eigenvalue weighted by molar-refractivity contribution is 5.02. The molecule has 1 saturated heterocycles. The van der Waals surface area contributed by atoms with Gasteiger partial charge in [-0.15, -0.1) is 0 Å². The molecule has 1 heterocycles. The Hall–Kier alpha value is -0.0800. The smallest absolute Gasteiger partial charge is 0.0594 e. The van der Waals surface area contributed by atoms with E-state index in [1.165, 1.54) is 19.3 Å². The Morgan fingerprint density at radius 3 is 2.36 bits per heavy atom. The third-order valence-electron chi connectivity index (χ3n) is 3.17. The summed E-state index contributed by atoms with van der Waals surface area (Å²) in [5.41, 5.74) is 0.615. The van der Waals surface area contributed by atoms with Gasteiger partial charge in [0.05, 0.1) is 13.2 Å². The fraction of sp³-hybridized carbons (Fsp3) is 1.00. The van der Waals surface area contributed by atoms with Gasteiger partial charge in [-0.05, 0) is 19.3 Å². The van der Waals surface area contributed by atoms with Gasteiger partial charge in [0.1, 0.15) is 0 Å². The molecule has 2 fully saturated rings. The molecule has 0 spiro atoms. The standard InChI is InChI=1S/C9H17NO/c1-2-9(3-4-9)10-5-7-11-8-6-10/h2-8H2,1H3. The molecule has 2 heteroatoms. The molecule has 0 N–H and O–H groups in total. The first-order chi connectivity index (χ1) is 5.37. The lowest BCUT2D eigenvalue weighted by Gasteiger charge is -2.34. The van der Waals surface area contributed by atoms with Crippen molar-refractivity contribution in [1.82, 2.24) is 4.90 Å². The number of hydrogen-bond acceptors (Lipinski definition) is 2. The van der Waals surface area contributed by atoms with Crippen molar-refractivity contribution >= 4 is 0 Å². The number of ether oxygens (including phenoxy) is 1. The molecule has 64 valence electrons. The Bertz CT molecular complexity index is 136. The van der Waals surface area contributed by atoms with Gasteiger partial charge in [0, 0.05) is 18.6 Å². The molecule has 2 aliphatic rings. The molecule has 2 rings (SSSR count). The predicted molar refractivity (Wildman–Crippen MR) is 44.6 cm³/mol. The Morgan fingerprint density at radius 2 is 1.91 bits per heavy atom. The molecule has 11 heavy (non-hydrogen) atoms. The maximum Gasteiger partial charge on any atom is 0.0594 e. The van der Waals surface area contributed by atoms with Gasteiger partial charge in [-0.3, -0.25) is 4.90 Å². The van der Waals surface area contributed by atoms with Crippen LogP contribution in [-0.4, -0.2) is 36.7 Å². The summed E-state index contributed by atoms with van der Waals surface area (Å²) in [6.07, 6.45) is 4.17. The van der Waals surface area contributed by atoms with Crippen LogP contribution in [-0.2, 0) is 4.74 Å². The number of hydrogen-bond donors (Lipinski definition) is 0. The molecule has 0 atom stereocenters. The molecule has 0 aromatic carbocycles. The SMILES string of the molecule is CCC1(N2CCOCC2)CC1. The zero-order valence-electron chi connectivity index (χ0n) is 7.31. The number of nitrogens with zero attached hydrogens (tertiary/aromatic N) is 1. The average Bonchev–Trinajstić information content (AvgIpc) is 2.86. The quantitative estimate of drug-likeness (QED) is 0.595. The highest BCUT2D eigenvalue weighted by Crippen LogP contribution is 2.44. The van der Waals surface area contributed by atoms with Crippen molar-refractivity contribution in [2.75, 3.05) is 26.3 Å². The van der Waals surface area contributed by atoms with Crippen LogP contribution in [0.5, 0.6) is 0 Å². The summed E-state index contributed by atoms with van der Waals surface area (Å²) in [5, 5.41) is 0. The van der Waals surface area contributed by atoms with Crippen molar-refractivity contribution in [1.29, 1.82) is 0 Å². The highest BCUT2D eigenvalue weighted by Gasteiger charge is 2.46. The molecule has 1 aliphatic carbocycles. The van der Waals surface area contributed by atoms with E-state index in [2.05, 4.69) is 11.8 Å². The van der Waals surface area contributed by atoms with Crippen LogP contribution in [0.2, 0.25) is 0 Å². The molecular formula is C9H17NO. The Labute approximate surface area is 68.5 Å². The van der Waals surface area contributed by atoms with Gasteiger partial charge in [-0.25, -0.2) is 0 Å². The summed E-state index contributed by atoms with van der Waals surface area (Å²) in [7, 11) is 0. The van der Waals surface area contributed by atoms with Gasteiger partial charge in [-0.1, -0.05) is 6.92 Å². The van der Waals surface area contributed by atoms with Gasteiger partial charge in [0.2, 0.25) is 0 Å². The van der Waals surface area contributed by atoms with Gasteiger partial charge >= 0.3 is 0 Å². The molecule has 0 bridgehead atoms. The maximum atomic E-state index is 5.33. The molecule has 0 amide bonds. The van der Waals surface area contributed by atoms with E-state index in [4.69, 9.17) is 4.74 Å². The second-order valence-corrected chi connectivity index (χ2v) is 3.68. The van der Waals surface area contributed by atoms with Gasteiger partial charge < -0.3 is 4.74 Å². The lowest BCUT2D eigenvalue weighted by atomic mass is 10.1. The van der Waals surface area contributed by atoms with Crippen LogP contribution in [0.15, 0.2) is 0 Å². The fourth-order valence-electron chi connectivity index (χ4n) is 2.08. The van der Waals surface area contributed by atoms with Crippen LogP contribution >= 0.6 is 0 Å². The predicted octanol–water partition coefficient (Wildman–Crippen LogP) is 1.26. The van der Waals surface area contributed by atoms with E-state index in [1.54, 1.807) is 0 Å². The monoisotopic (exact) mass is 155 g/mol. The van der Waals surface area contributed by atoms with E-state index in [0.29, 0.717) is 5.54 Å². The van der Waals surface area contributed by atoms with Crippen molar-refractivity contribution in [3.63, 3.8) is 0 Å². The molecular weight excluding hydrogens is 138 g/mol. The first-order valence-electron chi connectivity index (χ1n) is 4.70. The summed E-state index contributed by atoms with van der Waals surface area (Å²) >= 11 is 0. The zero-order valence-corrected chi connectivity index (χ0v) is 7.31. The second-order valence-electron chi connectivity index (χ2n) is 3.68. The van der Waals surface area contributed by atoms with Crippen LogP contribution in [0.1, 0.15) is 26.2 Å². The normalized spacial score (nSPS) is 30.3. The van der Waals surface area contributed by atoms with E-state index in [-0.39, 0.29) is 0 Å². The van der Waals surface area contributed by atoms with Crippen LogP contribution in [0.25, 0.3) is 0 Å². The summed E-state index contributed by atoms with van der Waals surface area (Å²) in [6, 6.07) is 0. The first kappa shape index (κ1) is 7.56. The number of rotatable bonds is 2. The van der Waals surface area contributed by atoms with Gasteiger partial charge in [-0.2, -0.15) is 0 Å². The third-order valence-corrected chi connectivity index (χ3v) is 3.17. The van der Waals surface area contributed by atoms with E-state index >= 15 is 0 Å². The van der Waals surface area contributed by atoms with Gasteiger partial charge in [0.25, 0.3) is 0 Å². The third kappa shape index (κ3) is 1.30. The molecule has 1 aliphatic heterocycles. The Balaban J connectivity index is 1.92. The summed E-state index contributed by atoms with van der Waals surface area (Å²) < 4.78 is 5.33. The maximum absolute atomic E-state index is 5.33. The topological polar surface area (TPSA) is 12.5 Å². The van der Waals surface area contributed by atoms with Gasteiger partial charge in [0.15, 0.2) is 0 Å². The number of morpholine rings is 1. The minimum atomic E-state index is 0.615. The average molecular weight is 155 g/mol. The van der Waals surface area contributed by atoms with Crippen LogP contribution in [0.3, 0.4) is 0 Å². The van der Waals surface area contributed by atoms with E-state index in [0.717, 1.165) is 26.3 Å². The summed E-state index contributed by atoms with van der Waals surface area (Å²) in [5.74, 6) is 0. The van der Waals surface area contributed by atoms with Crippen molar-refractivity contribution in [3.8, 4) is 0 Å².